The molecule has 7 nitrogen and oxygen atoms in total. The number of nitrogens with zero attached hydrogens (tertiary/aromatic N) is 3. The van der Waals surface area contributed by atoms with Crippen molar-refractivity contribution in [2.75, 3.05) is 13.1 Å². The van der Waals surface area contributed by atoms with Crippen LogP contribution in [0, 0.1) is 0 Å². The maximum absolute atomic E-state index is 12.0. The highest BCUT2D eigenvalue weighted by atomic mass is 16.3. The predicted molar refractivity (Wildman–Crippen MR) is 94.7 cm³/mol. The summed E-state index contributed by atoms with van der Waals surface area (Å²) in [5.41, 5.74) is 2.17. The number of amides is 2. The van der Waals surface area contributed by atoms with Crippen molar-refractivity contribution in [3.8, 4) is 0 Å². The van der Waals surface area contributed by atoms with Crippen LogP contribution in [0.4, 0.5) is 4.79 Å². The Balaban J connectivity index is 1.46. The molecular weight excluding hydrogens is 318 g/mol. The van der Waals surface area contributed by atoms with Gasteiger partial charge in [0.2, 0.25) is 0 Å². The molecular formula is C18H25N5O2. The fourth-order valence-corrected chi connectivity index (χ4v) is 3.20. The number of aryl methyl sites for hydroxylation is 1. The fraction of sp³-hybridized carbons (Fsp3) is 0.444. The number of aliphatic hydroxyl groups is 1. The summed E-state index contributed by atoms with van der Waals surface area (Å²) in [6, 6.07) is 10.1. The maximum Gasteiger partial charge on any atom is 0.315 e. The highest BCUT2D eigenvalue weighted by molar-refractivity contribution is 5.73. The standard InChI is InChI=1S/C18H25N5O2/c1-22-11-15(9-21-22)8-19-18(25)20-10-16-7-17(24)13-23(16)12-14-5-3-2-4-6-14/h2-6,9,11,16-17,24H,7-8,10,12-13H2,1H3,(H2,19,20,25). The molecule has 3 N–H and O–H groups in total. The number of carbonyl (C=O) groups excluding carboxylic acids is 1. The summed E-state index contributed by atoms with van der Waals surface area (Å²) in [4.78, 5) is 14.2. The smallest absolute Gasteiger partial charge is 0.315 e. The second-order valence-corrected chi connectivity index (χ2v) is 6.54. The summed E-state index contributed by atoms with van der Waals surface area (Å²) in [6.45, 7) is 2.38. The van der Waals surface area contributed by atoms with E-state index in [2.05, 4.69) is 32.8 Å². The Morgan fingerprint density at radius 1 is 1.28 bits per heavy atom. The van der Waals surface area contributed by atoms with Crippen molar-refractivity contribution in [2.45, 2.75) is 31.7 Å². The van der Waals surface area contributed by atoms with Crippen LogP contribution in [0.5, 0.6) is 0 Å². The Kier molecular flexibility index (Phi) is 5.67. The summed E-state index contributed by atoms with van der Waals surface area (Å²) >= 11 is 0. The molecule has 2 unspecified atom stereocenters. The average molecular weight is 343 g/mol. The van der Waals surface area contributed by atoms with Crippen LogP contribution < -0.4 is 10.6 Å². The van der Waals surface area contributed by atoms with Crippen molar-refractivity contribution in [1.29, 1.82) is 0 Å². The molecule has 1 aromatic heterocycles. The van der Waals surface area contributed by atoms with Crippen molar-refractivity contribution in [1.82, 2.24) is 25.3 Å². The van der Waals surface area contributed by atoms with Crippen LogP contribution in [0.15, 0.2) is 42.7 Å². The van der Waals surface area contributed by atoms with Gasteiger partial charge >= 0.3 is 6.03 Å². The number of hydrogen-bond donors (Lipinski definition) is 3. The van der Waals surface area contributed by atoms with Crippen molar-refractivity contribution >= 4 is 6.03 Å². The number of carbonyl (C=O) groups is 1. The molecule has 134 valence electrons. The van der Waals surface area contributed by atoms with Gasteiger partial charge in [0.15, 0.2) is 0 Å². The van der Waals surface area contributed by atoms with E-state index in [9.17, 15) is 9.90 Å². The quantitative estimate of drug-likeness (QED) is 0.726. The Morgan fingerprint density at radius 2 is 2.08 bits per heavy atom. The maximum atomic E-state index is 12.0. The van der Waals surface area contributed by atoms with Crippen LogP contribution in [0.1, 0.15) is 17.5 Å². The number of likely N-dealkylation sites (tertiary alicyclic amines) is 1. The van der Waals surface area contributed by atoms with Crippen molar-refractivity contribution in [3.05, 3.63) is 53.9 Å². The van der Waals surface area contributed by atoms with Gasteiger partial charge in [-0.15, -0.1) is 0 Å². The van der Waals surface area contributed by atoms with E-state index in [1.165, 1.54) is 5.56 Å². The molecule has 2 atom stereocenters. The van der Waals surface area contributed by atoms with E-state index in [4.69, 9.17) is 0 Å². The largest absolute Gasteiger partial charge is 0.392 e. The molecule has 2 amide bonds. The van der Waals surface area contributed by atoms with E-state index < -0.39 is 0 Å². The first-order valence-electron chi connectivity index (χ1n) is 8.55. The molecule has 2 heterocycles. The molecule has 1 fully saturated rings. The van der Waals surface area contributed by atoms with E-state index in [0.29, 0.717) is 26.1 Å². The van der Waals surface area contributed by atoms with Gasteiger partial charge in [0.1, 0.15) is 0 Å². The first kappa shape index (κ1) is 17.4. The normalized spacial score (nSPS) is 20.6. The van der Waals surface area contributed by atoms with Gasteiger partial charge < -0.3 is 15.7 Å². The lowest BCUT2D eigenvalue weighted by molar-refractivity contribution is 0.172. The van der Waals surface area contributed by atoms with Gasteiger partial charge in [-0.1, -0.05) is 30.3 Å². The lowest BCUT2D eigenvalue weighted by atomic mass is 10.1. The van der Waals surface area contributed by atoms with E-state index in [1.807, 2.05) is 31.4 Å². The number of aliphatic hydroxyl groups excluding tert-OH is 1. The SMILES string of the molecule is Cn1cc(CNC(=O)NCC2CC(O)CN2Cc2ccccc2)cn1. The van der Waals surface area contributed by atoms with Crippen LogP contribution >= 0.6 is 0 Å². The molecule has 2 aromatic rings. The van der Waals surface area contributed by atoms with Gasteiger partial charge in [-0.25, -0.2) is 4.79 Å². The zero-order valence-electron chi connectivity index (χ0n) is 14.4. The Hall–Kier alpha value is -2.38. The van der Waals surface area contributed by atoms with Crippen LogP contribution in [0.3, 0.4) is 0 Å². The third kappa shape index (κ3) is 5.04. The molecule has 0 radical (unpaired) electrons. The summed E-state index contributed by atoms with van der Waals surface area (Å²) in [7, 11) is 1.84. The fourth-order valence-electron chi connectivity index (χ4n) is 3.20. The molecule has 25 heavy (non-hydrogen) atoms. The number of benzene rings is 1. The minimum Gasteiger partial charge on any atom is -0.392 e. The van der Waals surface area contributed by atoms with Gasteiger partial charge in [0.25, 0.3) is 0 Å². The average Bonchev–Trinajstić information content (AvgIpc) is 3.17. The Morgan fingerprint density at radius 3 is 2.80 bits per heavy atom. The first-order chi connectivity index (χ1) is 12.1. The molecule has 1 aliphatic rings. The second kappa shape index (κ2) is 8.13. The Labute approximate surface area is 147 Å². The van der Waals surface area contributed by atoms with E-state index >= 15 is 0 Å². The lowest BCUT2D eigenvalue weighted by Gasteiger charge is -2.24. The highest BCUT2D eigenvalue weighted by Gasteiger charge is 2.30. The monoisotopic (exact) mass is 343 g/mol. The van der Waals surface area contributed by atoms with E-state index in [0.717, 1.165) is 12.1 Å². The lowest BCUT2D eigenvalue weighted by Crippen LogP contribution is -2.43. The molecule has 0 aliphatic carbocycles. The zero-order valence-corrected chi connectivity index (χ0v) is 14.4. The zero-order chi connectivity index (χ0) is 17.6. The molecule has 1 saturated heterocycles. The number of nitrogens with one attached hydrogen (secondary N) is 2. The van der Waals surface area contributed by atoms with Gasteiger partial charge in [-0.05, 0) is 12.0 Å². The molecule has 3 rings (SSSR count). The van der Waals surface area contributed by atoms with Crippen LogP contribution in [-0.4, -0.2) is 51.1 Å². The second-order valence-electron chi connectivity index (χ2n) is 6.54. The molecule has 1 aliphatic heterocycles. The van der Waals surface area contributed by atoms with Crippen molar-refractivity contribution in [2.24, 2.45) is 7.05 Å². The Bertz CT molecular complexity index is 688. The number of hydrogen-bond acceptors (Lipinski definition) is 4. The van der Waals surface area contributed by atoms with E-state index in [1.54, 1.807) is 10.9 Å². The third-order valence-corrected chi connectivity index (χ3v) is 4.44. The molecule has 0 spiro atoms. The minimum absolute atomic E-state index is 0.138. The van der Waals surface area contributed by atoms with Gasteiger partial charge in [0.05, 0.1) is 12.3 Å². The number of rotatable bonds is 6. The highest BCUT2D eigenvalue weighted by Crippen LogP contribution is 2.20. The minimum atomic E-state index is -0.339. The molecule has 0 saturated carbocycles. The summed E-state index contributed by atoms with van der Waals surface area (Å²) in [6.07, 6.45) is 3.94. The van der Waals surface area contributed by atoms with Crippen LogP contribution in [0.2, 0.25) is 0 Å². The van der Waals surface area contributed by atoms with Crippen LogP contribution in [-0.2, 0) is 20.1 Å². The predicted octanol–water partition coefficient (Wildman–Crippen LogP) is 0.855. The topological polar surface area (TPSA) is 82.4 Å². The van der Waals surface area contributed by atoms with Crippen LogP contribution in [0.25, 0.3) is 0 Å². The molecule has 0 bridgehead atoms. The number of urea groups is 1. The van der Waals surface area contributed by atoms with Crippen molar-refractivity contribution < 1.29 is 9.90 Å². The summed E-state index contributed by atoms with van der Waals surface area (Å²) in [5, 5.41) is 19.8. The van der Waals surface area contributed by atoms with Gasteiger partial charge in [0, 0.05) is 51.0 Å². The summed E-state index contributed by atoms with van der Waals surface area (Å²) in [5.74, 6) is 0. The summed E-state index contributed by atoms with van der Waals surface area (Å²) < 4.78 is 1.70. The molecule has 1 aromatic carbocycles. The van der Waals surface area contributed by atoms with Gasteiger partial charge in [-0.3, -0.25) is 9.58 Å². The van der Waals surface area contributed by atoms with Crippen molar-refractivity contribution in [3.63, 3.8) is 0 Å². The molecule has 7 heteroatoms. The number of aromatic nitrogens is 2. The van der Waals surface area contributed by atoms with Gasteiger partial charge in [-0.2, -0.15) is 5.10 Å². The third-order valence-electron chi connectivity index (χ3n) is 4.44. The number of β-amino-alcohol motifs (C(OH)–C–C–N with tert-alkyl or cyclic N) is 1. The van der Waals surface area contributed by atoms with E-state index in [-0.39, 0.29) is 18.2 Å². The first-order valence-corrected chi connectivity index (χ1v) is 8.55.